The molecule has 0 atom stereocenters. The minimum Gasteiger partial charge on any atom is -0.359 e. The Balaban J connectivity index is 2.67. The third-order valence-electron chi connectivity index (χ3n) is 2.03. The standard InChI is InChI=1S/C10H13ClN4O/c1-7(14-10(12)16)15(2)6-8-3-4-9(11)13-5-8/h3-5H,6H2,1-2H3,(H2,12,16). The zero-order valence-electron chi connectivity index (χ0n) is 9.14. The summed E-state index contributed by atoms with van der Waals surface area (Å²) in [7, 11) is 1.82. The molecule has 0 unspecified atom stereocenters. The fourth-order valence-electron chi connectivity index (χ4n) is 1.13. The smallest absolute Gasteiger partial charge is 0.339 e. The van der Waals surface area contributed by atoms with Gasteiger partial charge in [0.15, 0.2) is 0 Å². The van der Waals surface area contributed by atoms with Crippen molar-refractivity contribution in [1.82, 2.24) is 9.88 Å². The highest BCUT2D eigenvalue weighted by molar-refractivity contribution is 6.29. The highest BCUT2D eigenvalue weighted by atomic mass is 35.5. The van der Waals surface area contributed by atoms with Crippen molar-refractivity contribution < 1.29 is 4.79 Å². The molecule has 0 radical (unpaired) electrons. The maximum Gasteiger partial charge on any atom is 0.339 e. The van der Waals surface area contributed by atoms with Gasteiger partial charge in [0.05, 0.1) is 0 Å². The molecule has 0 aliphatic heterocycles. The highest BCUT2D eigenvalue weighted by Crippen LogP contribution is 2.07. The summed E-state index contributed by atoms with van der Waals surface area (Å²) >= 11 is 5.67. The Morgan fingerprint density at radius 1 is 1.62 bits per heavy atom. The number of carbonyl (C=O) groups excluding carboxylic acids is 1. The molecule has 16 heavy (non-hydrogen) atoms. The van der Waals surface area contributed by atoms with Crippen molar-refractivity contribution in [3.63, 3.8) is 0 Å². The number of nitrogens with two attached hydrogens (primary N) is 1. The Morgan fingerprint density at radius 2 is 2.31 bits per heavy atom. The van der Waals surface area contributed by atoms with E-state index in [0.29, 0.717) is 17.5 Å². The molecule has 1 aromatic rings. The van der Waals surface area contributed by atoms with Crippen LogP contribution in [0.3, 0.4) is 0 Å². The molecule has 0 aliphatic rings. The van der Waals surface area contributed by atoms with E-state index in [4.69, 9.17) is 17.3 Å². The van der Waals surface area contributed by atoms with Crippen LogP contribution in [-0.2, 0) is 6.54 Å². The summed E-state index contributed by atoms with van der Waals surface area (Å²) < 4.78 is 0. The second kappa shape index (κ2) is 5.46. The van der Waals surface area contributed by atoms with Gasteiger partial charge in [-0.25, -0.2) is 9.78 Å². The third kappa shape index (κ3) is 3.86. The minimum absolute atomic E-state index is 0.453. The third-order valence-corrected chi connectivity index (χ3v) is 2.26. The Labute approximate surface area is 98.9 Å². The predicted octanol–water partition coefficient (Wildman–Crippen LogP) is 1.66. The molecule has 1 rings (SSSR count). The molecular weight excluding hydrogens is 228 g/mol. The fraction of sp³-hybridized carbons (Fsp3) is 0.300. The lowest BCUT2D eigenvalue weighted by atomic mass is 10.3. The molecule has 5 nitrogen and oxygen atoms in total. The summed E-state index contributed by atoms with van der Waals surface area (Å²) in [5.74, 6) is 0.558. The second-order valence-electron chi connectivity index (χ2n) is 3.34. The van der Waals surface area contributed by atoms with Crippen LogP contribution >= 0.6 is 11.6 Å². The Morgan fingerprint density at radius 3 is 2.81 bits per heavy atom. The molecule has 86 valence electrons. The van der Waals surface area contributed by atoms with Crippen molar-refractivity contribution in [3.05, 3.63) is 29.0 Å². The van der Waals surface area contributed by atoms with Gasteiger partial charge in [-0.1, -0.05) is 17.7 Å². The molecule has 1 heterocycles. The van der Waals surface area contributed by atoms with E-state index < -0.39 is 6.03 Å². The van der Waals surface area contributed by atoms with Crippen molar-refractivity contribution in [2.24, 2.45) is 10.7 Å². The van der Waals surface area contributed by atoms with Crippen LogP contribution in [0.25, 0.3) is 0 Å². The van der Waals surface area contributed by atoms with Gasteiger partial charge in [-0.05, 0) is 18.6 Å². The van der Waals surface area contributed by atoms with Gasteiger partial charge in [-0.2, -0.15) is 4.99 Å². The average molecular weight is 241 g/mol. The van der Waals surface area contributed by atoms with Gasteiger partial charge in [0.25, 0.3) is 0 Å². The van der Waals surface area contributed by atoms with Gasteiger partial charge in [0.1, 0.15) is 11.0 Å². The number of hydrogen-bond acceptors (Lipinski definition) is 2. The summed E-state index contributed by atoms with van der Waals surface area (Å²) in [4.78, 5) is 20.0. The molecule has 0 bridgehead atoms. The van der Waals surface area contributed by atoms with E-state index in [1.54, 1.807) is 24.1 Å². The van der Waals surface area contributed by atoms with Crippen LogP contribution in [0.5, 0.6) is 0 Å². The largest absolute Gasteiger partial charge is 0.359 e. The number of pyridine rings is 1. The number of aromatic nitrogens is 1. The molecule has 0 fully saturated rings. The number of halogens is 1. The predicted molar refractivity (Wildman–Crippen MR) is 63.4 cm³/mol. The first-order valence-electron chi connectivity index (χ1n) is 4.65. The van der Waals surface area contributed by atoms with Crippen LogP contribution in [-0.4, -0.2) is 28.8 Å². The number of amidine groups is 1. The van der Waals surface area contributed by atoms with Crippen LogP contribution in [0, 0.1) is 0 Å². The van der Waals surface area contributed by atoms with Gasteiger partial charge in [-0.3, -0.25) is 0 Å². The Kier molecular flexibility index (Phi) is 4.25. The lowest BCUT2D eigenvalue weighted by molar-refractivity contribution is 0.256. The zero-order valence-corrected chi connectivity index (χ0v) is 9.90. The van der Waals surface area contributed by atoms with Crippen molar-refractivity contribution in [2.75, 3.05) is 7.05 Å². The van der Waals surface area contributed by atoms with Crippen LogP contribution in [0.4, 0.5) is 4.79 Å². The van der Waals surface area contributed by atoms with Gasteiger partial charge >= 0.3 is 6.03 Å². The van der Waals surface area contributed by atoms with Crippen LogP contribution in [0.1, 0.15) is 12.5 Å². The van der Waals surface area contributed by atoms with Gasteiger partial charge in [-0.15, -0.1) is 0 Å². The average Bonchev–Trinajstić information content (AvgIpc) is 2.20. The second-order valence-corrected chi connectivity index (χ2v) is 3.73. The van der Waals surface area contributed by atoms with E-state index in [-0.39, 0.29) is 0 Å². The first kappa shape index (κ1) is 12.4. The van der Waals surface area contributed by atoms with Crippen LogP contribution in [0.2, 0.25) is 5.15 Å². The number of nitrogens with zero attached hydrogens (tertiary/aromatic N) is 3. The first-order valence-corrected chi connectivity index (χ1v) is 5.03. The van der Waals surface area contributed by atoms with Gasteiger partial charge in [0.2, 0.25) is 0 Å². The molecule has 6 heteroatoms. The molecule has 2 N–H and O–H groups in total. The molecule has 0 aliphatic carbocycles. The van der Waals surface area contributed by atoms with E-state index >= 15 is 0 Å². The molecule has 2 amide bonds. The molecule has 0 saturated carbocycles. The lowest BCUT2D eigenvalue weighted by Gasteiger charge is -2.17. The monoisotopic (exact) mass is 240 g/mol. The number of carbonyl (C=O) groups is 1. The number of rotatable bonds is 2. The quantitative estimate of drug-likeness (QED) is 0.486. The zero-order chi connectivity index (χ0) is 12.1. The fourth-order valence-corrected chi connectivity index (χ4v) is 1.24. The highest BCUT2D eigenvalue weighted by Gasteiger charge is 2.03. The number of primary amides is 1. The van der Waals surface area contributed by atoms with E-state index in [0.717, 1.165) is 5.56 Å². The number of aliphatic imine (C=N–C) groups is 1. The van der Waals surface area contributed by atoms with Crippen molar-refractivity contribution in [3.8, 4) is 0 Å². The maximum atomic E-state index is 10.6. The topological polar surface area (TPSA) is 71.6 Å². The van der Waals surface area contributed by atoms with E-state index in [1.807, 2.05) is 13.1 Å². The minimum atomic E-state index is -0.696. The van der Waals surface area contributed by atoms with E-state index in [9.17, 15) is 4.79 Å². The molecule has 1 aromatic heterocycles. The Hall–Kier alpha value is -1.62. The lowest BCUT2D eigenvalue weighted by Crippen LogP contribution is -2.25. The number of urea groups is 1. The van der Waals surface area contributed by atoms with Crippen molar-refractivity contribution in [1.29, 1.82) is 0 Å². The van der Waals surface area contributed by atoms with Crippen molar-refractivity contribution in [2.45, 2.75) is 13.5 Å². The van der Waals surface area contributed by atoms with Crippen LogP contribution in [0.15, 0.2) is 23.3 Å². The van der Waals surface area contributed by atoms with Gasteiger partial charge in [0, 0.05) is 19.8 Å². The Bertz CT molecular complexity index is 402. The molecular formula is C10H13ClN4O. The maximum absolute atomic E-state index is 10.6. The van der Waals surface area contributed by atoms with Crippen LogP contribution < -0.4 is 5.73 Å². The summed E-state index contributed by atoms with van der Waals surface area (Å²) in [6, 6.07) is 2.88. The van der Waals surface area contributed by atoms with Gasteiger partial charge < -0.3 is 10.6 Å². The molecule has 0 spiro atoms. The molecule has 0 saturated heterocycles. The number of hydrogen-bond donors (Lipinski definition) is 1. The normalized spacial score (nSPS) is 11.3. The van der Waals surface area contributed by atoms with E-state index in [1.165, 1.54) is 0 Å². The summed E-state index contributed by atoms with van der Waals surface area (Å²) in [5, 5.41) is 0.453. The summed E-state index contributed by atoms with van der Waals surface area (Å²) in [6.45, 7) is 2.31. The SMILES string of the molecule is CC(=NC(N)=O)N(C)Cc1ccc(Cl)nc1. The number of amides is 2. The summed E-state index contributed by atoms with van der Waals surface area (Å²) in [6.07, 6.45) is 1.68. The van der Waals surface area contributed by atoms with E-state index in [2.05, 4.69) is 9.98 Å². The van der Waals surface area contributed by atoms with Crippen molar-refractivity contribution >= 4 is 23.5 Å². The summed E-state index contributed by atoms with van der Waals surface area (Å²) in [5.41, 5.74) is 5.94. The first-order chi connectivity index (χ1) is 7.49. The molecule has 0 aromatic carbocycles.